The molecule has 1 fully saturated rings. The van der Waals surface area contributed by atoms with Crippen LogP contribution in [0.4, 0.5) is 11.4 Å². The highest BCUT2D eigenvalue weighted by Gasteiger charge is 2.31. The van der Waals surface area contributed by atoms with Crippen molar-refractivity contribution in [3.05, 3.63) is 62.7 Å². The Labute approximate surface area is 205 Å². The number of anilines is 1. The van der Waals surface area contributed by atoms with Gasteiger partial charge in [0.25, 0.3) is 15.7 Å². The zero-order valence-electron chi connectivity index (χ0n) is 19.4. The molecule has 1 N–H and O–H groups in total. The van der Waals surface area contributed by atoms with E-state index in [0.29, 0.717) is 11.3 Å². The van der Waals surface area contributed by atoms with Gasteiger partial charge in [-0.1, -0.05) is 61.4 Å². The predicted molar refractivity (Wildman–Crippen MR) is 133 cm³/mol. The molecule has 0 saturated heterocycles. The minimum atomic E-state index is -4.30. The van der Waals surface area contributed by atoms with E-state index in [2.05, 4.69) is 5.32 Å². The summed E-state index contributed by atoms with van der Waals surface area (Å²) in [5, 5.41) is 14.2. The van der Waals surface area contributed by atoms with Gasteiger partial charge in [0.2, 0.25) is 5.91 Å². The van der Waals surface area contributed by atoms with Crippen LogP contribution >= 0.6 is 11.6 Å². The molecule has 0 aliphatic heterocycles. The highest BCUT2D eigenvalue weighted by Crippen LogP contribution is 2.32. The monoisotopic (exact) mass is 507 g/mol. The first-order chi connectivity index (χ1) is 16.1. The number of nitro groups is 1. The van der Waals surface area contributed by atoms with Crippen molar-refractivity contribution >= 4 is 38.9 Å². The molecule has 0 aromatic heterocycles. The smallest absolute Gasteiger partial charge is 0.289 e. The lowest BCUT2D eigenvalue weighted by Gasteiger charge is -2.27. The number of nitrogens with zero attached hydrogens (tertiary/aromatic N) is 2. The van der Waals surface area contributed by atoms with Crippen molar-refractivity contribution in [1.29, 1.82) is 0 Å². The highest BCUT2D eigenvalue weighted by molar-refractivity contribution is 7.92. The number of aryl methyl sites for hydroxylation is 2. The van der Waals surface area contributed by atoms with Crippen molar-refractivity contribution in [1.82, 2.24) is 5.32 Å². The van der Waals surface area contributed by atoms with Crippen LogP contribution in [0.2, 0.25) is 5.02 Å². The number of hydrogen-bond donors (Lipinski definition) is 1. The molecule has 1 amide bonds. The maximum Gasteiger partial charge on any atom is 0.289 e. The Kier molecular flexibility index (Phi) is 8.54. The fourth-order valence-electron chi connectivity index (χ4n) is 4.31. The van der Waals surface area contributed by atoms with Crippen molar-refractivity contribution in [2.75, 3.05) is 10.8 Å². The molecule has 0 heterocycles. The standard InChI is InChI=1S/C24H30ClN3O5S/c1-17-10-13-22(18(2)14-17)27(16-24(29)26-19-8-6-4-3-5-7-9-19)34(32,33)20-11-12-21(25)23(15-20)28(30)31/h10-15,19H,3-9,16H2,1-2H3,(H,26,29). The number of nitro benzene ring substituents is 1. The van der Waals surface area contributed by atoms with E-state index >= 15 is 0 Å². The topological polar surface area (TPSA) is 110 Å². The second-order valence-corrected chi connectivity index (χ2v) is 11.1. The largest absolute Gasteiger partial charge is 0.352 e. The van der Waals surface area contributed by atoms with Crippen LogP contribution in [-0.4, -0.2) is 31.8 Å². The summed E-state index contributed by atoms with van der Waals surface area (Å²) in [5.41, 5.74) is 1.45. The number of amides is 1. The van der Waals surface area contributed by atoms with Crippen LogP contribution in [0.25, 0.3) is 0 Å². The molecule has 0 atom stereocenters. The quantitative estimate of drug-likeness (QED) is 0.404. The number of carbonyl (C=O) groups excluding carboxylic acids is 1. The molecule has 3 rings (SSSR count). The van der Waals surface area contributed by atoms with E-state index in [4.69, 9.17) is 11.6 Å². The average Bonchev–Trinajstić information content (AvgIpc) is 2.74. The van der Waals surface area contributed by atoms with Crippen molar-refractivity contribution < 1.29 is 18.1 Å². The Hall–Kier alpha value is -2.65. The first kappa shape index (κ1) is 26.0. The third-order valence-corrected chi connectivity index (χ3v) is 8.16. The summed E-state index contributed by atoms with van der Waals surface area (Å²) < 4.78 is 28.3. The van der Waals surface area contributed by atoms with Gasteiger partial charge in [0.05, 0.1) is 15.5 Å². The van der Waals surface area contributed by atoms with Gasteiger partial charge in [-0.3, -0.25) is 19.2 Å². The Morgan fingerprint density at radius 2 is 1.74 bits per heavy atom. The van der Waals surface area contributed by atoms with E-state index in [9.17, 15) is 23.3 Å². The van der Waals surface area contributed by atoms with Gasteiger partial charge in [0, 0.05) is 12.1 Å². The summed E-state index contributed by atoms with van der Waals surface area (Å²) in [5.74, 6) is -0.405. The first-order valence-electron chi connectivity index (χ1n) is 11.4. The van der Waals surface area contributed by atoms with E-state index < -0.39 is 33.1 Å². The normalized spacial score (nSPS) is 15.3. The summed E-state index contributed by atoms with van der Waals surface area (Å²) in [6, 6.07) is 8.58. The third-order valence-electron chi connectivity index (χ3n) is 6.08. The lowest BCUT2D eigenvalue weighted by molar-refractivity contribution is -0.384. The Balaban J connectivity index is 1.96. The predicted octanol–water partition coefficient (Wildman–Crippen LogP) is 5.29. The van der Waals surface area contributed by atoms with Crippen molar-refractivity contribution in [2.24, 2.45) is 0 Å². The fourth-order valence-corrected chi connectivity index (χ4v) is 6.00. The van der Waals surface area contributed by atoms with Crippen LogP contribution in [0.1, 0.15) is 56.1 Å². The summed E-state index contributed by atoms with van der Waals surface area (Å²) in [7, 11) is -4.30. The fraction of sp³-hybridized carbons (Fsp3) is 0.458. The molecule has 0 spiro atoms. The van der Waals surface area contributed by atoms with Crippen LogP contribution in [0.15, 0.2) is 41.3 Å². The van der Waals surface area contributed by atoms with E-state index in [-0.39, 0.29) is 16.0 Å². The zero-order chi connectivity index (χ0) is 24.9. The van der Waals surface area contributed by atoms with Gasteiger partial charge in [-0.25, -0.2) is 8.42 Å². The molecular weight excluding hydrogens is 478 g/mol. The van der Waals surface area contributed by atoms with Gasteiger partial charge in [-0.15, -0.1) is 0 Å². The number of sulfonamides is 1. The number of carbonyl (C=O) groups is 1. The summed E-state index contributed by atoms with van der Waals surface area (Å²) >= 11 is 5.88. The molecule has 0 bridgehead atoms. The number of rotatable bonds is 7. The van der Waals surface area contributed by atoms with E-state index in [1.54, 1.807) is 19.1 Å². The molecule has 2 aromatic carbocycles. The van der Waals surface area contributed by atoms with Crippen LogP contribution in [0, 0.1) is 24.0 Å². The highest BCUT2D eigenvalue weighted by atomic mass is 35.5. The van der Waals surface area contributed by atoms with Gasteiger partial charge in [-0.05, 0) is 50.5 Å². The van der Waals surface area contributed by atoms with Crippen LogP contribution in [-0.2, 0) is 14.8 Å². The SMILES string of the molecule is Cc1ccc(N(CC(=O)NC2CCCCCCC2)S(=O)(=O)c2ccc(Cl)c([N+](=O)[O-])c2)c(C)c1. The molecular formula is C24H30ClN3O5S. The molecule has 1 aliphatic rings. The first-order valence-corrected chi connectivity index (χ1v) is 13.2. The van der Waals surface area contributed by atoms with Crippen LogP contribution in [0.5, 0.6) is 0 Å². The van der Waals surface area contributed by atoms with E-state index in [0.717, 1.165) is 54.5 Å². The van der Waals surface area contributed by atoms with Crippen molar-refractivity contribution in [3.63, 3.8) is 0 Å². The molecule has 8 nitrogen and oxygen atoms in total. The maximum absolute atomic E-state index is 13.7. The van der Waals surface area contributed by atoms with Crippen LogP contribution in [0.3, 0.4) is 0 Å². The second kappa shape index (κ2) is 11.2. The minimum absolute atomic E-state index is 0.00749. The van der Waals surface area contributed by atoms with Gasteiger partial charge in [0.1, 0.15) is 11.6 Å². The van der Waals surface area contributed by atoms with Crippen molar-refractivity contribution in [2.45, 2.75) is 69.7 Å². The Morgan fingerprint density at radius 3 is 2.35 bits per heavy atom. The molecule has 1 aliphatic carbocycles. The molecule has 2 aromatic rings. The van der Waals surface area contributed by atoms with Gasteiger partial charge in [0.15, 0.2) is 0 Å². The maximum atomic E-state index is 13.7. The summed E-state index contributed by atoms with van der Waals surface area (Å²) in [6.07, 6.45) is 7.25. The Bertz CT molecular complexity index is 1160. The summed E-state index contributed by atoms with van der Waals surface area (Å²) in [4.78, 5) is 23.3. The zero-order valence-corrected chi connectivity index (χ0v) is 21.0. The number of hydrogen-bond acceptors (Lipinski definition) is 5. The summed E-state index contributed by atoms with van der Waals surface area (Å²) in [6.45, 7) is 3.22. The van der Waals surface area contributed by atoms with E-state index in [1.807, 2.05) is 13.0 Å². The molecule has 0 unspecified atom stereocenters. The number of nitrogens with one attached hydrogen (secondary N) is 1. The minimum Gasteiger partial charge on any atom is -0.352 e. The third kappa shape index (κ3) is 6.27. The van der Waals surface area contributed by atoms with Gasteiger partial charge < -0.3 is 5.32 Å². The van der Waals surface area contributed by atoms with Gasteiger partial charge >= 0.3 is 0 Å². The van der Waals surface area contributed by atoms with E-state index in [1.165, 1.54) is 18.6 Å². The van der Waals surface area contributed by atoms with Crippen LogP contribution < -0.4 is 9.62 Å². The number of benzene rings is 2. The second-order valence-electron chi connectivity index (χ2n) is 8.78. The molecule has 0 radical (unpaired) electrons. The molecule has 1 saturated carbocycles. The molecule has 34 heavy (non-hydrogen) atoms. The number of halogens is 1. The van der Waals surface area contributed by atoms with Crippen molar-refractivity contribution in [3.8, 4) is 0 Å². The van der Waals surface area contributed by atoms with Gasteiger partial charge in [-0.2, -0.15) is 0 Å². The Morgan fingerprint density at radius 1 is 1.09 bits per heavy atom. The lowest BCUT2D eigenvalue weighted by atomic mass is 9.97. The molecule has 184 valence electrons. The molecule has 10 heteroatoms. The lowest BCUT2D eigenvalue weighted by Crippen LogP contribution is -2.44. The average molecular weight is 508 g/mol.